The van der Waals surface area contributed by atoms with E-state index in [0.717, 1.165) is 6.42 Å². The Morgan fingerprint density at radius 3 is 2.53 bits per heavy atom. The van der Waals surface area contributed by atoms with Crippen LogP contribution in [-0.2, 0) is 0 Å². The van der Waals surface area contributed by atoms with Gasteiger partial charge in [0.15, 0.2) is 6.10 Å². The fourth-order valence-corrected chi connectivity index (χ4v) is 1.94. The van der Waals surface area contributed by atoms with Crippen molar-refractivity contribution in [3.63, 3.8) is 0 Å². The Bertz CT molecular complexity index is 210. The fourth-order valence-electron chi connectivity index (χ4n) is 1.94. The van der Waals surface area contributed by atoms with Gasteiger partial charge < -0.3 is 10.2 Å². The van der Waals surface area contributed by atoms with Gasteiger partial charge in [-0.3, -0.25) is 4.90 Å². The predicted octanol–water partition coefficient (Wildman–Crippen LogP) is 0.612. The molecule has 3 nitrogen and oxygen atoms in total. The van der Waals surface area contributed by atoms with Crippen LogP contribution in [0.1, 0.15) is 13.3 Å². The van der Waals surface area contributed by atoms with Crippen LogP contribution in [0.25, 0.3) is 0 Å². The Labute approximate surface area is 86.5 Å². The summed E-state index contributed by atoms with van der Waals surface area (Å²) < 4.78 is 36.3. The van der Waals surface area contributed by atoms with E-state index in [2.05, 4.69) is 0 Å². The summed E-state index contributed by atoms with van der Waals surface area (Å²) in [5, 5.41) is 17.9. The van der Waals surface area contributed by atoms with Gasteiger partial charge in [-0.1, -0.05) is 6.92 Å². The maximum Gasteiger partial charge on any atom is 0.415 e. The molecule has 0 saturated carbocycles. The SMILES string of the molecule is CC1CCN(CC(O)C(F)(F)F)C1CO. The first-order valence-corrected chi connectivity index (χ1v) is 4.96. The number of hydrogen-bond donors (Lipinski definition) is 2. The summed E-state index contributed by atoms with van der Waals surface area (Å²) in [6.45, 7) is 1.78. The molecular formula is C9H16F3NO2. The van der Waals surface area contributed by atoms with Crippen LogP contribution in [0.2, 0.25) is 0 Å². The van der Waals surface area contributed by atoms with Gasteiger partial charge in [0.2, 0.25) is 0 Å². The summed E-state index contributed by atoms with van der Waals surface area (Å²) in [5.74, 6) is 0.176. The van der Waals surface area contributed by atoms with E-state index in [1.807, 2.05) is 6.92 Å². The van der Waals surface area contributed by atoms with E-state index < -0.39 is 18.8 Å². The molecule has 0 aromatic rings. The molecule has 1 fully saturated rings. The normalized spacial score (nSPS) is 30.8. The number of aliphatic hydroxyl groups is 2. The average molecular weight is 227 g/mol. The molecule has 0 amide bonds. The van der Waals surface area contributed by atoms with E-state index in [1.165, 1.54) is 4.90 Å². The Morgan fingerprint density at radius 1 is 1.47 bits per heavy atom. The van der Waals surface area contributed by atoms with Crippen molar-refractivity contribution in [2.24, 2.45) is 5.92 Å². The third-order valence-electron chi connectivity index (χ3n) is 2.97. The highest BCUT2D eigenvalue weighted by Crippen LogP contribution is 2.27. The third kappa shape index (κ3) is 3.06. The van der Waals surface area contributed by atoms with Gasteiger partial charge in [0.25, 0.3) is 0 Å². The van der Waals surface area contributed by atoms with Crippen LogP contribution in [0.15, 0.2) is 0 Å². The molecule has 15 heavy (non-hydrogen) atoms. The number of alkyl halides is 3. The van der Waals surface area contributed by atoms with Gasteiger partial charge in [-0.15, -0.1) is 0 Å². The largest absolute Gasteiger partial charge is 0.415 e. The highest BCUT2D eigenvalue weighted by atomic mass is 19.4. The Morgan fingerprint density at radius 2 is 2.07 bits per heavy atom. The van der Waals surface area contributed by atoms with Gasteiger partial charge >= 0.3 is 6.18 Å². The van der Waals surface area contributed by atoms with Crippen molar-refractivity contribution in [2.75, 3.05) is 19.7 Å². The van der Waals surface area contributed by atoms with Gasteiger partial charge in [0.1, 0.15) is 0 Å². The van der Waals surface area contributed by atoms with Crippen LogP contribution >= 0.6 is 0 Å². The number of hydrogen-bond acceptors (Lipinski definition) is 3. The first-order chi connectivity index (χ1) is 6.86. The Balaban J connectivity index is 2.52. The number of halogens is 3. The van der Waals surface area contributed by atoms with E-state index in [1.54, 1.807) is 0 Å². The quantitative estimate of drug-likeness (QED) is 0.742. The molecule has 1 heterocycles. The van der Waals surface area contributed by atoms with Crippen molar-refractivity contribution < 1.29 is 23.4 Å². The van der Waals surface area contributed by atoms with Gasteiger partial charge in [-0.25, -0.2) is 0 Å². The van der Waals surface area contributed by atoms with Crippen LogP contribution in [0.5, 0.6) is 0 Å². The van der Waals surface area contributed by atoms with Crippen LogP contribution in [-0.4, -0.2) is 53.1 Å². The molecule has 1 aliphatic rings. The van der Waals surface area contributed by atoms with Gasteiger partial charge in [-0.05, 0) is 18.9 Å². The molecule has 0 bridgehead atoms. The smallest absolute Gasteiger partial charge is 0.395 e. The lowest BCUT2D eigenvalue weighted by Gasteiger charge is -2.27. The molecule has 6 heteroatoms. The third-order valence-corrected chi connectivity index (χ3v) is 2.97. The molecule has 0 aromatic carbocycles. The molecule has 1 aliphatic heterocycles. The van der Waals surface area contributed by atoms with E-state index in [9.17, 15) is 13.2 Å². The van der Waals surface area contributed by atoms with Crippen molar-refractivity contribution in [2.45, 2.75) is 31.7 Å². The minimum atomic E-state index is -4.58. The van der Waals surface area contributed by atoms with Crippen molar-refractivity contribution in [3.8, 4) is 0 Å². The minimum absolute atomic E-state index is 0.161. The van der Waals surface area contributed by atoms with E-state index in [-0.39, 0.29) is 18.6 Å². The highest BCUT2D eigenvalue weighted by molar-refractivity contribution is 4.86. The zero-order valence-corrected chi connectivity index (χ0v) is 8.54. The fraction of sp³-hybridized carbons (Fsp3) is 1.00. The van der Waals surface area contributed by atoms with Crippen molar-refractivity contribution >= 4 is 0 Å². The summed E-state index contributed by atoms with van der Waals surface area (Å²) >= 11 is 0. The zero-order chi connectivity index (χ0) is 11.6. The molecular weight excluding hydrogens is 211 g/mol. The van der Waals surface area contributed by atoms with Gasteiger partial charge in [-0.2, -0.15) is 13.2 Å². The summed E-state index contributed by atoms with van der Waals surface area (Å²) in [6.07, 6.45) is -6.14. The summed E-state index contributed by atoms with van der Waals surface area (Å²) in [4.78, 5) is 1.50. The first kappa shape index (κ1) is 12.7. The summed E-state index contributed by atoms with van der Waals surface area (Å²) in [7, 11) is 0. The summed E-state index contributed by atoms with van der Waals surface area (Å²) in [5.41, 5.74) is 0. The number of β-amino-alcohol motifs (C(OH)–C–C–N with tert-alkyl or cyclic N) is 1. The van der Waals surface area contributed by atoms with E-state index >= 15 is 0 Å². The maximum absolute atomic E-state index is 12.1. The summed E-state index contributed by atoms with van der Waals surface area (Å²) in [6, 6.07) is -0.262. The van der Waals surface area contributed by atoms with E-state index in [4.69, 9.17) is 10.2 Å². The lowest BCUT2D eigenvalue weighted by Crippen LogP contribution is -2.45. The molecule has 2 N–H and O–H groups in total. The second-order valence-electron chi connectivity index (χ2n) is 4.07. The molecule has 3 atom stereocenters. The molecule has 3 unspecified atom stereocenters. The molecule has 0 aromatic heterocycles. The maximum atomic E-state index is 12.1. The molecule has 90 valence electrons. The highest BCUT2D eigenvalue weighted by Gasteiger charge is 2.42. The van der Waals surface area contributed by atoms with E-state index in [0.29, 0.717) is 6.54 Å². The van der Waals surface area contributed by atoms with Crippen molar-refractivity contribution in [1.82, 2.24) is 4.90 Å². The molecule has 1 rings (SSSR count). The van der Waals surface area contributed by atoms with Crippen LogP contribution < -0.4 is 0 Å². The van der Waals surface area contributed by atoms with Gasteiger partial charge in [0, 0.05) is 12.6 Å². The van der Waals surface area contributed by atoms with Crippen LogP contribution in [0, 0.1) is 5.92 Å². The lowest BCUT2D eigenvalue weighted by molar-refractivity contribution is -0.209. The van der Waals surface area contributed by atoms with Crippen LogP contribution in [0.3, 0.4) is 0 Å². The number of rotatable bonds is 3. The number of aliphatic hydroxyl groups excluding tert-OH is 2. The van der Waals surface area contributed by atoms with Crippen molar-refractivity contribution in [3.05, 3.63) is 0 Å². The van der Waals surface area contributed by atoms with Gasteiger partial charge in [0.05, 0.1) is 6.61 Å². The first-order valence-electron chi connectivity index (χ1n) is 4.96. The molecule has 0 aliphatic carbocycles. The number of nitrogens with zero attached hydrogens (tertiary/aromatic N) is 1. The Kier molecular flexibility index (Phi) is 3.97. The van der Waals surface area contributed by atoms with Crippen molar-refractivity contribution in [1.29, 1.82) is 0 Å². The minimum Gasteiger partial charge on any atom is -0.395 e. The second kappa shape index (κ2) is 4.67. The molecule has 0 spiro atoms. The monoisotopic (exact) mass is 227 g/mol. The molecule has 0 radical (unpaired) electrons. The van der Waals surface area contributed by atoms with Crippen LogP contribution in [0.4, 0.5) is 13.2 Å². The zero-order valence-electron chi connectivity index (χ0n) is 8.54. The Hall–Kier alpha value is -0.330. The predicted molar refractivity (Wildman–Crippen MR) is 48.3 cm³/mol. The molecule has 1 saturated heterocycles. The average Bonchev–Trinajstić information content (AvgIpc) is 2.45. The second-order valence-corrected chi connectivity index (χ2v) is 4.07. The topological polar surface area (TPSA) is 43.7 Å². The standard InChI is InChI=1S/C9H16F3NO2/c1-6-2-3-13(7(6)5-14)4-8(15)9(10,11)12/h6-8,14-15H,2-5H2,1H3. The number of likely N-dealkylation sites (tertiary alicyclic amines) is 1. The lowest BCUT2D eigenvalue weighted by atomic mass is 10.0.